The van der Waals surface area contributed by atoms with Crippen LogP contribution in [0.15, 0.2) is 36.4 Å². The minimum atomic E-state index is -0.740. The normalized spacial score (nSPS) is 17.2. The van der Waals surface area contributed by atoms with Gasteiger partial charge in [0.1, 0.15) is 0 Å². The molecule has 1 unspecified atom stereocenters. The molecule has 0 saturated carbocycles. The van der Waals surface area contributed by atoms with E-state index < -0.39 is 5.41 Å². The summed E-state index contributed by atoms with van der Waals surface area (Å²) in [4.78, 5) is 24.4. The Morgan fingerprint density at radius 2 is 1.77 bits per heavy atom. The number of tetrazole rings is 1. The van der Waals surface area contributed by atoms with Gasteiger partial charge in [0.25, 0.3) is 5.91 Å². The number of H-pyrrole nitrogens is 1. The number of rotatable bonds is 6. The summed E-state index contributed by atoms with van der Waals surface area (Å²) in [5.41, 5.74) is 15.8. The van der Waals surface area contributed by atoms with E-state index >= 15 is 0 Å². The van der Waals surface area contributed by atoms with E-state index in [1.165, 1.54) is 0 Å². The highest BCUT2D eigenvalue weighted by Gasteiger charge is 2.45. The number of nitrogens with one attached hydrogen (secondary N) is 2. The van der Waals surface area contributed by atoms with Gasteiger partial charge < -0.3 is 16.8 Å². The van der Waals surface area contributed by atoms with E-state index in [-0.39, 0.29) is 18.2 Å². The molecule has 2 aromatic carbocycles. The van der Waals surface area contributed by atoms with Gasteiger partial charge in [0, 0.05) is 18.2 Å². The average molecular weight is 405 g/mol. The topological polar surface area (TPSA) is 153 Å². The van der Waals surface area contributed by atoms with Crippen LogP contribution in [0.25, 0.3) is 0 Å². The van der Waals surface area contributed by atoms with Gasteiger partial charge in [0.05, 0.1) is 12.0 Å². The Morgan fingerprint density at radius 1 is 1.10 bits per heavy atom. The Hall–Kier alpha value is -3.43. The Labute approximate surface area is 173 Å². The Kier molecular flexibility index (Phi) is 5.15. The van der Waals surface area contributed by atoms with E-state index in [1.807, 2.05) is 24.3 Å². The van der Waals surface area contributed by atoms with Crippen LogP contribution >= 0.6 is 0 Å². The summed E-state index contributed by atoms with van der Waals surface area (Å²) in [6.45, 7) is 0.322. The summed E-state index contributed by atoms with van der Waals surface area (Å²) >= 11 is 0. The number of benzene rings is 2. The maximum Gasteiger partial charge on any atom is 0.251 e. The smallest absolute Gasteiger partial charge is 0.251 e. The number of Topliss-reactive ketones (excluding diaryl/α,β-unsaturated/α-hetero) is 1. The SMILES string of the molecule is CNC(=O)c1ccc2c(c1)Cc1cc(C(=O)CN)ccc1C2(CCN)c1nn[nH]n1. The molecule has 9 heteroatoms. The van der Waals surface area contributed by atoms with Crippen molar-refractivity contribution in [1.82, 2.24) is 25.9 Å². The van der Waals surface area contributed by atoms with Gasteiger partial charge in [0.15, 0.2) is 11.6 Å². The molecule has 0 radical (unpaired) electrons. The van der Waals surface area contributed by atoms with Crippen LogP contribution in [-0.2, 0) is 11.8 Å². The summed E-state index contributed by atoms with van der Waals surface area (Å²) in [5, 5.41) is 17.6. The number of nitrogens with two attached hydrogens (primary N) is 2. The molecule has 30 heavy (non-hydrogen) atoms. The molecule has 0 bridgehead atoms. The molecule has 3 aromatic rings. The number of fused-ring (bicyclic) bond motifs is 2. The molecule has 0 spiro atoms. The maximum absolute atomic E-state index is 12.2. The molecule has 1 amide bonds. The number of hydrogen-bond donors (Lipinski definition) is 4. The highest BCUT2D eigenvalue weighted by Crippen LogP contribution is 2.47. The van der Waals surface area contributed by atoms with Crippen molar-refractivity contribution in [3.8, 4) is 0 Å². The number of hydrogen-bond acceptors (Lipinski definition) is 7. The van der Waals surface area contributed by atoms with Crippen molar-refractivity contribution in [1.29, 1.82) is 0 Å². The van der Waals surface area contributed by atoms with Gasteiger partial charge in [-0.1, -0.05) is 23.4 Å². The molecule has 6 N–H and O–H groups in total. The highest BCUT2D eigenvalue weighted by molar-refractivity contribution is 5.98. The lowest BCUT2D eigenvalue weighted by Crippen LogP contribution is -2.38. The van der Waals surface area contributed by atoms with Crippen molar-refractivity contribution in [2.45, 2.75) is 18.3 Å². The molecule has 1 atom stereocenters. The van der Waals surface area contributed by atoms with E-state index in [0.717, 1.165) is 22.3 Å². The van der Waals surface area contributed by atoms with Crippen molar-refractivity contribution < 1.29 is 9.59 Å². The first-order chi connectivity index (χ1) is 14.5. The number of aromatic nitrogens is 4. The zero-order valence-corrected chi connectivity index (χ0v) is 16.6. The lowest BCUT2D eigenvalue weighted by molar-refractivity contribution is 0.0961. The average Bonchev–Trinajstić information content (AvgIpc) is 3.32. The van der Waals surface area contributed by atoms with Crippen molar-refractivity contribution in [2.24, 2.45) is 11.5 Å². The zero-order chi connectivity index (χ0) is 21.3. The van der Waals surface area contributed by atoms with Crippen LogP contribution in [-0.4, -0.2) is 52.5 Å². The molecule has 4 rings (SSSR count). The lowest BCUT2D eigenvalue weighted by Gasteiger charge is -2.39. The van der Waals surface area contributed by atoms with Crippen molar-refractivity contribution in [2.75, 3.05) is 20.1 Å². The van der Waals surface area contributed by atoms with Gasteiger partial charge in [-0.15, -0.1) is 10.2 Å². The van der Waals surface area contributed by atoms with Crippen molar-refractivity contribution in [3.05, 3.63) is 75.6 Å². The third kappa shape index (κ3) is 2.99. The van der Waals surface area contributed by atoms with Gasteiger partial charge >= 0.3 is 0 Å². The standard InChI is InChI=1S/C21H23N7O2/c1-24-19(30)13-3-5-17-15(9-13)10-14-8-12(18(29)11-23)2-4-16(14)21(17,6-7-22)20-25-27-28-26-20/h2-5,8-9H,6-7,10-11,22-23H2,1H3,(H,24,30)(H,25,26,27,28). The third-order valence-electron chi connectivity index (χ3n) is 5.75. The molecule has 1 aliphatic rings. The highest BCUT2D eigenvalue weighted by atomic mass is 16.1. The van der Waals surface area contributed by atoms with Gasteiger partial charge in [-0.3, -0.25) is 9.59 Å². The van der Waals surface area contributed by atoms with Crippen molar-refractivity contribution >= 4 is 11.7 Å². The van der Waals surface area contributed by atoms with Crippen LogP contribution in [0.3, 0.4) is 0 Å². The van der Waals surface area contributed by atoms with Crippen LogP contribution in [0, 0.1) is 0 Å². The van der Waals surface area contributed by atoms with Crippen LogP contribution in [0.4, 0.5) is 0 Å². The second kappa shape index (κ2) is 7.77. The van der Waals surface area contributed by atoms with Crippen LogP contribution in [0.5, 0.6) is 0 Å². The number of carbonyl (C=O) groups excluding carboxylic acids is 2. The quantitative estimate of drug-likeness (QED) is 0.430. The van der Waals surface area contributed by atoms with E-state index in [1.54, 1.807) is 19.2 Å². The fourth-order valence-corrected chi connectivity index (χ4v) is 4.42. The third-order valence-corrected chi connectivity index (χ3v) is 5.75. The van der Waals surface area contributed by atoms with E-state index in [2.05, 4.69) is 25.9 Å². The van der Waals surface area contributed by atoms with E-state index in [0.29, 0.717) is 36.3 Å². The largest absolute Gasteiger partial charge is 0.355 e. The first kappa shape index (κ1) is 19.9. The summed E-state index contributed by atoms with van der Waals surface area (Å²) in [6.07, 6.45) is 1.10. The molecule has 1 aromatic heterocycles. The lowest BCUT2D eigenvalue weighted by atomic mass is 9.63. The minimum Gasteiger partial charge on any atom is -0.355 e. The fraction of sp³-hybridized carbons (Fsp3) is 0.286. The minimum absolute atomic E-state index is 0.0605. The zero-order valence-electron chi connectivity index (χ0n) is 16.6. The van der Waals surface area contributed by atoms with Gasteiger partial charge in [-0.05, 0) is 59.8 Å². The summed E-state index contributed by atoms with van der Waals surface area (Å²) in [7, 11) is 1.60. The van der Waals surface area contributed by atoms with Gasteiger partial charge in [-0.2, -0.15) is 5.21 Å². The second-order valence-electron chi connectivity index (χ2n) is 7.31. The first-order valence-electron chi connectivity index (χ1n) is 9.71. The van der Waals surface area contributed by atoms with Crippen LogP contribution in [0.2, 0.25) is 0 Å². The molecule has 1 heterocycles. The van der Waals surface area contributed by atoms with E-state index in [9.17, 15) is 9.59 Å². The Bertz CT molecular complexity index is 1040. The van der Waals surface area contributed by atoms with Crippen LogP contribution in [0.1, 0.15) is 55.2 Å². The molecular weight excluding hydrogens is 382 g/mol. The molecular formula is C21H23N7O2. The second-order valence-corrected chi connectivity index (χ2v) is 7.31. The first-order valence-corrected chi connectivity index (χ1v) is 9.71. The molecule has 0 fully saturated rings. The molecule has 0 aliphatic heterocycles. The predicted octanol–water partition coefficient (Wildman–Crippen LogP) is 0.288. The fourth-order valence-electron chi connectivity index (χ4n) is 4.42. The Balaban J connectivity index is 2.00. The summed E-state index contributed by atoms with van der Waals surface area (Å²) in [6, 6.07) is 11.2. The summed E-state index contributed by atoms with van der Waals surface area (Å²) in [5.74, 6) is 0.201. The predicted molar refractivity (Wildman–Crippen MR) is 110 cm³/mol. The maximum atomic E-state index is 12.2. The molecule has 154 valence electrons. The van der Waals surface area contributed by atoms with Gasteiger partial charge in [0.2, 0.25) is 0 Å². The Morgan fingerprint density at radius 3 is 2.33 bits per heavy atom. The number of nitrogens with zero attached hydrogens (tertiary/aromatic N) is 3. The van der Waals surface area contributed by atoms with Crippen LogP contribution < -0.4 is 16.8 Å². The molecule has 0 saturated heterocycles. The monoisotopic (exact) mass is 405 g/mol. The molecule has 1 aliphatic carbocycles. The summed E-state index contributed by atoms with van der Waals surface area (Å²) < 4.78 is 0. The number of carbonyl (C=O) groups is 2. The van der Waals surface area contributed by atoms with E-state index in [4.69, 9.17) is 11.5 Å². The molecule has 9 nitrogen and oxygen atoms in total. The van der Waals surface area contributed by atoms with Gasteiger partial charge in [-0.25, -0.2) is 0 Å². The number of aromatic amines is 1. The number of ketones is 1. The van der Waals surface area contributed by atoms with Crippen molar-refractivity contribution in [3.63, 3.8) is 0 Å². The number of amides is 1.